The number of aromatic nitrogens is 3. The molecule has 2 aromatic carbocycles. The first-order valence-corrected chi connectivity index (χ1v) is 12.1. The number of nitrogens with one attached hydrogen (secondary N) is 1. The first-order chi connectivity index (χ1) is 18.1. The van der Waals surface area contributed by atoms with Crippen LogP contribution in [-0.2, 0) is 23.7 Å². The van der Waals surface area contributed by atoms with Crippen LogP contribution >= 0.6 is 11.6 Å². The van der Waals surface area contributed by atoms with Crippen molar-refractivity contribution in [1.29, 1.82) is 0 Å². The van der Waals surface area contributed by atoms with Crippen LogP contribution in [0.15, 0.2) is 42.6 Å². The number of amides is 1. The average Bonchev–Trinajstić information content (AvgIpc) is 3.35. The molecule has 202 valence electrons. The van der Waals surface area contributed by atoms with Gasteiger partial charge < -0.3 is 24.3 Å². The van der Waals surface area contributed by atoms with E-state index in [1.807, 2.05) is 0 Å². The number of hydrogen-bond acceptors (Lipinski definition) is 7. The first-order valence-electron chi connectivity index (χ1n) is 11.7. The third kappa shape index (κ3) is 5.14. The molecule has 2 aliphatic heterocycles. The van der Waals surface area contributed by atoms with Gasteiger partial charge in [0.2, 0.25) is 0 Å². The second kappa shape index (κ2) is 10.3. The standard InChI is InChI=1S/C25H24ClF3N4O5/c1-25(2)36-11-18-21(38-25)20(33-10-17(31-32-33)12-7-15(27)19(29)16(28)8-12)22(35-3)23(37-18)24(34)30-14-6-4-5-13(26)9-14/h4-10,18,20-23H,11H2,1-3H3,(H,30,34). The molecular weight excluding hydrogens is 529 g/mol. The van der Waals surface area contributed by atoms with E-state index in [9.17, 15) is 18.0 Å². The third-order valence-corrected chi connectivity index (χ3v) is 6.63. The van der Waals surface area contributed by atoms with Crippen molar-refractivity contribution in [2.75, 3.05) is 19.0 Å². The summed E-state index contributed by atoms with van der Waals surface area (Å²) in [5.41, 5.74) is 0.515. The lowest BCUT2D eigenvalue weighted by Crippen LogP contribution is -2.64. The molecule has 2 fully saturated rings. The van der Waals surface area contributed by atoms with Gasteiger partial charge in [-0.05, 0) is 44.2 Å². The number of carbonyl (C=O) groups is 1. The molecule has 2 saturated heterocycles. The van der Waals surface area contributed by atoms with Gasteiger partial charge in [-0.25, -0.2) is 17.9 Å². The molecule has 38 heavy (non-hydrogen) atoms. The quantitative estimate of drug-likeness (QED) is 0.475. The zero-order chi connectivity index (χ0) is 27.2. The maximum absolute atomic E-state index is 13.9. The van der Waals surface area contributed by atoms with Gasteiger partial charge in [-0.3, -0.25) is 4.79 Å². The largest absolute Gasteiger partial charge is 0.376 e. The molecule has 0 radical (unpaired) electrons. The van der Waals surface area contributed by atoms with Crippen LogP contribution in [0.25, 0.3) is 11.3 Å². The van der Waals surface area contributed by atoms with Crippen LogP contribution in [0, 0.1) is 17.5 Å². The predicted molar refractivity (Wildman–Crippen MR) is 129 cm³/mol. The number of benzene rings is 2. The molecule has 1 amide bonds. The third-order valence-electron chi connectivity index (χ3n) is 6.39. The van der Waals surface area contributed by atoms with Crippen LogP contribution in [0.3, 0.4) is 0 Å². The number of rotatable bonds is 5. The Morgan fingerprint density at radius 2 is 1.95 bits per heavy atom. The summed E-state index contributed by atoms with van der Waals surface area (Å²) in [5, 5.41) is 11.4. The Morgan fingerprint density at radius 1 is 1.21 bits per heavy atom. The van der Waals surface area contributed by atoms with Crippen molar-refractivity contribution in [3.63, 3.8) is 0 Å². The van der Waals surface area contributed by atoms with Crippen LogP contribution in [-0.4, -0.2) is 64.8 Å². The fraction of sp³-hybridized carbons (Fsp3) is 0.400. The fourth-order valence-electron chi connectivity index (χ4n) is 4.67. The van der Waals surface area contributed by atoms with E-state index in [1.165, 1.54) is 18.0 Å². The highest BCUT2D eigenvalue weighted by molar-refractivity contribution is 6.30. The van der Waals surface area contributed by atoms with Gasteiger partial charge in [-0.2, -0.15) is 0 Å². The number of nitrogens with zero attached hydrogens (tertiary/aromatic N) is 3. The summed E-state index contributed by atoms with van der Waals surface area (Å²) in [6, 6.07) is 7.50. The molecule has 5 rings (SSSR count). The summed E-state index contributed by atoms with van der Waals surface area (Å²) in [7, 11) is 1.41. The Labute approximate surface area is 220 Å². The lowest BCUT2D eigenvalue weighted by atomic mass is 9.90. The lowest BCUT2D eigenvalue weighted by molar-refractivity contribution is -0.346. The van der Waals surface area contributed by atoms with E-state index in [1.54, 1.807) is 38.1 Å². The number of methoxy groups -OCH3 is 1. The van der Waals surface area contributed by atoms with Gasteiger partial charge in [-0.15, -0.1) is 5.10 Å². The fourth-order valence-corrected chi connectivity index (χ4v) is 4.86. The van der Waals surface area contributed by atoms with E-state index in [0.29, 0.717) is 10.7 Å². The van der Waals surface area contributed by atoms with Crippen molar-refractivity contribution in [2.45, 2.75) is 50.1 Å². The predicted octanol–water partition coefficient (Wildman–Crippen LogP) is 4.13. The van der Waals surface area contributed by atoms with Crippen molar-refractivity contribution < 1.29 is 36.9 Å². The van der Waals surface area contributed by atoms with Gasteiger partial charge in [0.25, 0.3) is 5.91 Å². The van der Waals surface area contributed by atoms with Crippen LogP contribution < -0.4 is 5.32 Å². The summed E-state index contributed by atoms with van der Waals surface area (Å²) < 4.78 is 66.4. The normalized spacial score (nSPS) is 26.6. The van der Waals surface area contributed by atoms with Gasteiger partial charge in [0.15, 0.2) is 29.3 Å². The summed E-state index contributed by atoms with van der Waals surface area (Å²) in [4.78, 5) is 13.4. The molecule has 3 aromatic rings. The first kappa shape index (κ1) is 26.6. The number of carbonyl (C=O) groups excluding carboxylic acids is 1. The SMILES string of the molecule is COC1C(C(=O)Nc2cccc(Cl)c2)OC2COC(C)(C)OC2C1n1cc(-c2cc(F)c(F)c(F)c2)nn1. The van der Waals surface area contributed by atoms with Gasteiger partial charge >= 0.3 is 0 Å². The number of ether oxygens (including phenoxy) is 4. The second-order valence-electron chi connectivity index (χ2n) is 9.42. The minimum absolute atomic E-state index is 0.0197. The topological polar surface area (TPSA) is 96.7 Å². The van der Waals surface area contributed by atoms with Crippen molar-refractivity contribution >= 4 is 23.2 Å². The Morgan fingerprint density at radius 3 is 2.63 bits per heavy atom. The van der Waals surface area contributed by atoms with Crippen LogP contribution in [0.5, 0.6) is 0 Å². The monoisotopic (exact) mass is 552 g/mol. The average molecular weight is 553 g/mol. The molecule has 5 atom stereocenters. The minimum Gasteiger partial charge on any atom is -0.376 e. The maximum Gasteiger partial charge on any atom is 0.256 e. The second-order valence-corrected chi connectivity index (χ2v) is 9.85. The molecule has 0 bridgehead atoms. The summed E-state index contributed by atoms with van der Waals surface area (Å²) in [6.07, 6.45) is -2.03. The molecule has 1 N–H and O–H groups in total. The molecule has 0 saturated carbocycles. The number of hydrogen-bond donors (Lipinski definition) is 1. The van der Waals surface area contributed by atoms with E-state index in [4.69, 9.17) is 30.5 Å². The highest BCUT2D eigenvalue weighted by atomic mass is 35.5. The zero-order valence-corrected chi connectivity index (χ0v) is 21.3. The molecule has 0 aliphatic carbocycles. The summed E-state index contributed by atoms with van der Waals surface area (Å²) in [6.45, 7) is 3.58. The van der Waals surface area contributed by atoms with Crippen LogP contribution in [0.2, 0.25) is 5.02 Å². The van der Waals surface area contributed by atoms with E-state index in [-0.39, 0.29) is 17.9 Å². The van der Waals surface area contributed by atoms with Crippen LogP contribution in [0.4, 0.5) is 18.9 Å². The molecule has 3 heterocycles. The minimum atomic E-state index is -1.58. The van der Waals surface area contributed by atoms with E-state index in [0.717, 1.165) is 12.1 Å². The molecule has 2 aliphatic rings. The van der Waals surface area contributed by atoms with Gasteiger partial charge in [-0.1, -0.05) is 22.9 Å². The van der Waals surface area contributed by atoms with E-state index < -0.39 is 59.6 Å². The molecule has 1 aromatic heterocycles. The smallest absolute Gasteiger partial charge is 0.256 e. The van der Waals surface area contributed by atoms with Crippen molar-refractivity contribution in [1.82, 2.24) is 15.0 Å². The Kier molecular flexibility index (Phi) is 7.18. The molecule has 5 unspecified atom stereocenters. The molecule has 13 heteroatoms. The van der Waals surface area contributed by atoms with Crippen LogP contribution in [0.1, 0.15) is 19.9 Å². The Hall–Kier alpha value is -3.03. The number of halogens is 4. The lowest BCUT2D eigenvalue weighted by Gasteiger charge is -2.50. The van der Waals surface area contributed by atoms with E-state index >= 15 is 0 Å². The highest BCUT2D eigenvalue weighted by Crippen LogP contribution is 2.40. The highest BCUT2D eigenvalue weighted by Gasteiger charge is 2.54. The molecule has 0 spiro atoms. The van der Waals surface area contributed by atoms with Crippen molar-refractivity contribution in [3.8, 4) is 11.3 Å². The molecular formula is C25H24ClF3N4O5. The maximum atomic E-state index is 13.9. The van der Waals surface area contributed by atoms with E-state index in [2.05, 4.69) is 15.6 Å². The van der Waals surface area contributed by atoms with Gasteiger partial charge in [0.1, 0.15) is 30.0 Å². The van der Waals surface area contributed by atoms with Crippen molar-refractivity contribution in [3.05, 3.63) is 65.1 Å². The number of fused-ring (bicyclic) bond motifs is 1. The molecule has 9 nitrogen and oxygen atoms in total. The summed E-state index contributed by atoms with van der Waals surface area (Å²) in [5.74, 6) is -5.79. The van der Waals surface area contributed by atoms with Crippen molar-refractivity contribution in [2.24, 2.45) is 0 Å². The number of anilines is 1. The Bertz CT molecular complexity index is 1330. The van der Waals surface area contributed by atoms with Gasteiger partial charge in [0, 0.05) is 23.4 Å². The zero-order valence-electron chi connectivity index (χ0n) is 20.5. The van der Waals surface area contributed by atoms with Gasteiger partial charge in [0.05, 0.1) is 12.8 Å². The Balaban J connectivity index is 1.51. The summed E-state index contributed by atoms with van der Waals surface area (Å²) >= 11 is 6.05.